The zero-order valence-corrected chi connectivity index (χ0v) is 11.4. The molecular formula is C16H15N3O. The van der Waals surface area contributed by atoms with Gasteiger partial charge in [0.05, 0.1) is 23.0 Å². The zero-order valence-electron chi connectivity index (χ0n) is 11.4. The van der Waals surface area contributed by atoms with Crippen LogP contribution in [-0.4, -0.2) is 20.0 Å². The Morgan fingerprint density at radius 2 is 1.90 bits per heavy atom. The smallest absolute Gasteiger partial charge is 0.255 e. The highest BCUT2D eigenvalue weighted by atomic mass is 16.1. The highest BCUT2D eigenvalue weighted by molar-refractivity contribution is 6.06. The monoisotopic (exact) mass is 265 g/mol. The normalized spacial score (nSPS) is 9.65. The van der Waals surface area contributed by atoms with Crippen LogP contribution in [0.1, 0.15) is 15.9 Å². The van der Waals surface area contributed by atoms with Crippen LogP contribution in [0.4, 0.5) is 11.4 Å². The first-order valence-electron chi connectivity index (χ1n) is 6.19. The largest absolute Gasteiger partial charge is 0.376 e. The predicted molar refractivity (Wildman–Crippen MR) is 79.9 cm³/mol. The third-order valence-corrected chi connectivity index (χ3v) is 2.89. The van der Waals surface area contributed by atoms with Gasteiger partial charge in [-0.15, -0.1) is 0 Å². The van der Waals surface area contributed by atoms with E-state index in [2.05, 4.69) is 5.32 Å². The average molecular weight is 265 g/mol. The highest BCUT2D eigenvalue weighted by Crippen LogP contribution is 2.24. The van der Waals surface area contributed by atoms with Crippen molar-refractivity contribution in [3.63, 3.8) is 0 Å². The minimum absolute atomic E-state index is 0.226. The minimum atomic E-state index is -0.226. The molecule has 4 heteroatoms. The van der Waals surface area contributed by atoms with Crippen molar-refractivity contribution in [3.05, 3.63) is 59.7 Å². The second-order valence-corrected chi connectivity index (χ2v) is 4.56. The maximum atomic E-state index is 12.2. The van der Waals surface area contributed by atoms with Crippen molar-refractivity contribution in [3.8, 4) is 6.07 Å². The van der Waals surface area contributed by atoms with E-state index in [1.54, 1.807) is 24.3 Å². The van der Waals surface area contributed by atoms with E-state index in [0.29, 0.717) is 11.1 Å². The van der Waals surface area contributed by atoms with Crippen LogP contribution >= 0.6 is 0 Å². The Morgan fingerprint density at radius 1 is 1.15 bits per heavy atom. The van der Waals surface area contributed by atoms with Crippen LogP contribution in [0.25, 0.3) is 0 Å². The van der Waals surface area contributed by atoms with E-state index in [1.165, 1.54) is 0 Å². The standard InChI is InChI=1S/C16H15N3O/c1-19(2)15-9-4-3-8-14(15)18-16(20)13-7-5-6-12(10-13)11-17/h3-10H,1-2H3,(H,18,20). The molecule has 1 amide bonds. The molecule has 0 aromatic heterocycles. The van der Waals surface area contributed by atoms with Gasteiger partial charge in [-0.2, -0.15) is 5.26 Å². The Hall–Kier alpha value is -2.80. The van der Waals surface area contributed by atoms with Gasteiger partial charge in [-0.05, 0) is 30.3 Å². The lowest BCUT2D eigenvalue weighted by Gasteiger charge is -2.17. The molecular weight excluding hydrogens is 250 g/mol. The molecule has 0 spiro atoms. The van der Waals surface area contributed by atoms with E-state index in [9.17, 15) is 4.79 Å². The Balaban J connectivity index is 2.26. The van der Waals surface area contributed by atoms with Crippen molar-refractivity contribution in [1.82, 2.24) is 0 Å². The number of benzene rings is 2. The molecule has 0 aliphatic heterocycles. The van der Waals surface area contributed by atoms with Crippen LogP contribution in [0.15, 0.2) is 48.5 Å². The molecule has 0 aliphatic rings. The number of hydrogen-bond acceptors (Lipinski definition) is 3. The number of para-hydroxylation sites is 2. The highest BCUT2D eigenvalue weighted by Gasteiger charge is 2.10. The van der Waals surface area contributed by atoms with E-state index >= 15 is 0 Å². The second kappa shape index (κ2) is 5.89. The summed E-state index contributed by atoms with van der Waals surface area (Å²) in [6.45, 7) is 0. The molecule has 0 heterocycles. The lowest BCUT2D eigenvalue weighted by atomic mass is 10.1. The van der Waals surface area contributed by atoms with Crippen LogP contribution in [-0.2, 0) is 0 Å². The summed E-state index contributed by atoms with van der Waals surface area (Å²) in [5.41, 5.74) is 2.61. The number of amides is 1. The van der Waals surface area contributed by atoms with Gasteiger partial charge in [-0.1, -0.05) is 18.2 Å². The van der Waals surface area contributed by atoms with Gasteiger partial charge in [0.2, 0.25) is 0 Å². The number of hydrogen-bond donors (Lipinski definition) is 1. The molecule has 20 heavy (non-hydrogen) atoms. The summed E-state index contributed by atoms with van der Waals surface area (Å²) in [6, 6.07) is 16.2. The number of carbonyl (C=O) groups is 1. The number of nitriles is 1. The summed E-state index contributed by atoms with van der Waals surface area (Å²) < 4.78 is 0. The lowest BCUT2D eigenvalue weighted by Crippen LogP contribution is -2.16. The fourth-order valence-electron chi connectivity index (χ4n) is 1.89. The molecule has 0 radical (unpaired) electrons. The summed E-state index contributed by atoms with van der Waals surface area (Å²) in [6.07, 6.45) is 0. The summed E-state index contributed by atoms with van der Waals surface area (Å²) in [5.74, 6) is -0.226. The predicted octanol–water partition coefficient (Wildman–Crippen LogP) is 2.88. The van der Waals surface area contributed by atoms with Gasteiger partial charge in [-0.3, -0.25) is 4.79 Å². The van der Waals surface area contributed by atoms with Gasteiger partial charge < -0.3 is 10.2 Å². The summed E-state index contributed by atoms with van der Waals surface area (Å²) in [7, 11) is 3.84. The SMILES string of the molecule is CN(C)c1ccccc1NC(=O)c1cccc(C#N)c1. The molecule has 0 bridgehead atoms. The Kier molecular flexibility index (Phi) is 4.02. The fourth-order valence-corrected chi connectivity index (χ4v) is 1.89. The zero-order chi connectivity index (χ0) is 14.5. The van der Waals surface area contributed by atoms with E-state index in [-0.39, 0.29) is 5.91 Å². The first-order valence-corrected chi connectivity index (χ1v) is 6.19. The number of carbonyl (C=O) groups excluding carboxylic acids is 1. The number of nitrogens with zero attached hydrogens (tertiary/aromatic N) is 2. The van der Waals surface area contributed by atoms with Crippen LogP contribution in [0.2, 0.25) is 0 Å². The van der Waals surface area contributed by atoms with E-state index in [4.69, 9.17) is 5.26 Å². The quantitative estimate of drug-likeness (QED) is 0.928. The van der Waals surface area contributed by atoms with Gasteiger partial charge in [0.1, 0.15) is 0 Å². The topological polar surface area (TPSA) is 56.1 Å². The first kappa shape index (κ1) is 13.6. The molecule has 0 unspecified atom stereocenters. The van der Waals surface area contributed by atoms with Crippen molar-refractivity contribution in [2.24, 2.45) is 0 Å². The molecule has 2 rings (SSSR count). The Labute approximate surface area is 118 Å². The summed E-state index contributed by atoms with van der Waals surface area (Å²) >= 11 is 0. The van der Waals surface area contributed by atoms with Gasteiger partial charge in [0.15, 0.2) is 0 Å². The van der Waals surface area contributed by atoms with Crippen LogP contribution in [0, 0.1) is 11.3 Å². The van der Waals surface area contributed by atoms with E-state index < -0.39 is 0 Å². The third kappa shape index (κ3) is 2.96. The van der Waals surface area contributed by atoms with Crippen molar-refractivity contribution >= 4 is 17.3 Å². The van der Waals surface area contributed by atoms with Gasteiger partial charge >= 0.3 is 0 Å². The van der Waals surface area contributed by atoms with Gasteiger partial charge in [0.25, 0.3) is 5.91 Å². The molecule has 2 aromatic carbocycles. The average Bonchev–Trinajstić information content (AvgIpc) is 2.47. The maximum Gasteiger partial charge on any atom is 0.255 e. The lowest BCUT2D eigenvalue weighted by molar-refractivity contribution is 0.102. The molecule has 0 atom stereocenters. The number of anilines is 2. The molecule has 0 fully saturated rings. The van der Waals surface area contributed by atoms with Crippen LogP contribution in [0.3, 0.4) is 0 Å². The van der Waals surface area contributed by atoms with Crippen LogP contribution in [0.5, 0.6) is 0 Å². The van der Waals surface area contributed by atoms with Crippen molar-refractivity contribution in [2.45, 2.75) is 0 Å². The summed E-state index contributed by atoms with van der Waals surface area (Å²) in [4.78, 5) is 14.1. The minimum Gasteiger partial charge on any atom is -0.376 e. The molecule has 2 aromatic rings. The first-order chi connectivity index (χ1) is 9.61. The third-order valence-electron chi connectivity index (χ3n) is 2.89. The molecule has 4 nitrogen and oxygen atoms in total. The molecule has 1 N–H and O–H groups in total. The summed E-state index contributed by atoms with van der Waals surface area (Å²) in [5, 5.41) is 11.7. The number of rotatable bonds is 3. The van der Waals surface area contributed by atoms with Gasteiger partial charge in [0, 0.05) is 19.7 Å². The molecule has 100 valence electrons. The maximum absolute atomic E-state index is 12.2. The van der Waals surface area contributed by atoms with E-state index in [0.717, 1.165) is 11.4 Å². The van der Waals surface area contributed by atoms with Crippen LogP contribution < -0.4 is 10.2 Å². The number of nitrogens with one attached hydrogen (secondary N) is 1. The fraction of sp³-hybridized carbons (Fsp3) is 0.125. The molecule has 0 saturated carbocycles. The Bertz CT molecular complexity index is 671. The second-order valence-electron chi connectivity index (χ2n) is 4.56. The van der Waals surface area contributed by atoms with Crippen molar-refractivity contribution in [1.29, 1.82) is 5.26 Å². The molecule has 0 saturated heterocycles. The van der Waals surface area contributed by atoms with E-state index in [1.807, 2.05) is 49.3 Å². The van der Waals surface area contributed by atoms with Gasteiger partial charge in [-0.25, -0.2) is 0 Å². The van der Waals surface area contributed by atoms with Crippen molar-refractivity contribution in [2.75, 3.05) is 24.3 Å². The van der Waals surface area contributed by atoms with Crippen molar-refractivity contribution < 1.29 is 4.79 Å². The Morgan fingerprint density at radius 3 is 2.60 bits per heavy atom. The molecule has 0 aliphatic carbocycles.